The Morgan fingerprint density at radius 2 is 2.21 bits per heavy atom. The third-order valence-corrected chi connectivity index (χ3v) is 3.49. The van der Waals surface area contributed by atoms with Crippen molar-refractivity contribution in [1.29, 1.82) is 0 Å². The van der Waals surface area contributed by atoms with Gasteiger partial charge in [0.1, 0.15) is 0 Å². The van der Waals surface area contributed by atoms with Gasteiger partial charge in [0.05, 0.1) is 0 Å². The zero-order valence-electron chi connectivity index (χ0n) is 7.06. The van der Waals surface area contributed by atoms with E-state index in [2.05, 4.69) is 0 Å². The van der Waals surface area contributed by atoms with E-state index in [1.165, 1.54) is 11.3 Å². The molecule has 2 rings (SSSR count). The van der Waals surface area contributed by atoms with Crippen LogP contribution in [0.15, 0.2) is 21.0 Å². The maximum Gasteiger partial charge on any atom is 0.271 e. The lowest BCUT2D eigenvalue weighted by molar-refractivity contribution is 0.479. The van der Waals surface area contributed by atoms with Crippen LogP contribution in [0.1, 0.15) is 5.56 Å². The van der Waals surface area contributed by atoms with Gasteiger partial charge in [-0.3, -0.25) is 0 Å². The largest absolute Gasteiger partial charge is 0.432 e. The molecule has 76 valence electrons. The molecule has 0 atom stereocenters. The molecule has 0 bridgehead atoms. The quantitative estimate of drug-likeness (QED) is 0.791. The monoisotopic (exact) mass is 232 g/mol. The molecule has 0 saturated carbocycles. The van der Waals surface area contributed by atoms with Crippen molar-refractivity contribution in [2.75, 3.05) is 0 Å². The maximum absolute atomic E-state index is 11.1. The van der Waals surface area contributed by atoms with E-state index in [9.17, 15) is 8.42 Å². The van der Waals surface area contributed by atoms with Gasteiger partial charge in [-0.15, -0.1) is 11.3 Å². The van der Waals surface area contributed by atoms with Crippen LogP contribution in [0.4, 0.5) is 0 Å². The molecule has 0 saturated heterocycles. The second-order valence-electron chi connectivity index (χ2n) is 2.74. The molecule has 7 heteroatoms. The van der Waals surface area contributed by atoms with E-state index < -0.39 is 10.0 Å². The van der Waals surface area contributed by atoms with Crippen molar-refractivity contribution in [1.82, 2.24) is 0 Å². The SMILES string of the molecule is NCc1c(S(N)(=O)=O)oc2sccc12. The molecule has 2 aromatic heterocycles. The summed E-state index contributed by atoms with van der Waals surface area (Å²) in [7, 11) is -3.82. The number of sulfonamides is 1. The average molecular weight is 232 g/mol. The minimum Gasteiger partial charge on any atom is -0.432 e. The highest BCUT2D eigenvalue weighted by atomic mass is 32.2. The molecule has 0 spiro atoms. The van der Waals surface area contributed by atoms with Crippen LogP contribution in [0.2, 0.25) is 0 Å². The van der Waals surface area contributed by atoms with Crippen molar-refractivity contribution in [3.8, 4) is 0 Å². The Labute approximate surface area is 84.4 Å². The Kier molecular flexibility index (Phi) is 2.11. The number of hydrogen-bond acceptors (Lipinski definition) is 5. The Morgan fingerprint density at radius 3 is 2.79 bits per heavy atom. The summed E-state index contributed by atoms with van der Waals surface area (Å²) in [6.07, 6.45) is 0. The molecule has 0 unspecified atom stereocenters. The molecule has 14 heavy (non-hydrogen) atoms. The van der Waals surface area contributed by atoms with Crippen LogP contribution in [0.25, 0.3) is 10.3 Å². The van der Waals surface area contributed by atoms with Gasteiger partial charge < -0.3 is 10.2 Å². The third-order valence-electron chi connectivity index (χ3n) is 1.85. The van der Waals surface area contributed by atoms with Gasteiger partial charge in [-0.1, -0.05) is 0 Å². The number of hydrogen-bond donors (Lipinski definition) is 2. The number of primary sulfonamides is 1. The van der Waals surface area contributed by atoms with Crippen molar-refractivity contribution in [2.45, 2.75) is 11.6 Å². The van der Waals surface area contributed by atoms with E-state index >= 15 is 0 Å². The maximum atomic E-state index is 11.1. The highest BCUT2D eigenvalue weighted by Gasteiger charge is 2.22. The summed E-state index contributed by atoms with van der Waals surface area (Å²) in [5, 5.41) is 7.29. The van der Waals surface area contributed by atoms with Crippen LogP contribution in [-0.4, -0.2) is 8.42 Å². The molecule has 2 heterocycles. The van der Waals surface area contributed by atoms with Crippen LogP contribution in [0.3, 0.4) is 0 Å². The van der Waals surface area contributed by atoms with Crippen LogP contribution < -0.4 is 10.9 Å². The number of rotatable bonds is 2. The van der Waals surface area contributed by atoms with Gasteiger partial charge in [-0.25, -0.2) is 13.6 Å². The van der Waals surface area contributed by atoms with E-state index in [0.29, 0.717) is 10.5 Å². The Bertz CT molecular complexity index is 567. The summed E-state index contributed by atoms with van der Waals surface area (Å²) >= 11 is 1.31. The summed E-state index contributed by atoms with van der Waals surface area (Å²) in [6, 6.07) is 1.76. The second kappa shape index (κ2) is 3.06. The van der Waals surface area contributed by atoms with Crippen molar-refractivity contribution in [2.24, 2.45) is 10.9 Å². The molecule has 0 aliphatic heterocycles. The molecular weight excluding hydrogens is 224 g/mol. The van der Waals surface area contributed by atoms with Gasteiger partial charge in [0, 0.05) is 17.5 Å². The molecule has 5 nitrogen and oxygen atoms in total. The fourth-order valence-corrected chi connectivity index (χ4v) is 2.84. The standard InChI is InChI=1S/C7H8N2O3S2/c8-3-5-4-1-2-13-6(4)12-7(5)14(9,10)11/h1-2H,3,8H2,(H2,9,10,11). The van der Waals surface area contributed by atoms with Gasteiger partial charge in [0.2, 0.25) is 5.09 Å². The van der Waals surface area contributed by atoms with Crippen LogP contribution >= 0.6 is 11.3 Å². The summed E-state index contributed by atoms with van der Waals surface area (Å²) in [5.74, 6) is 0. The first-order chi connectivity index (χ1) is 6.54. The molecule has 0 aliphatic rings. The minimum absolute atomic E-state index is 0.0928. The highest BCUT2D eigenvalue weighted by Crippen LogP contribution is 2.31. The van der Waals surface area contributed by atoms with Crippen LogP contribution in [-0.2, 0) is 16.6 Å². The minimum atomic E-state index is -3.82. The summed E-state index contributed by atoms with van der Waals surface area (Å²) in [5.41, 5.74) is 5.89. The number of fused-ring (bicyclic) bond motifs is 1. The number of nitrogens with two attached hydrogens (primary N) is 2. The molecule has 2 aromatic rings. The van der Waals surface area contributed by atoms with Gasteiger partial charge in [-0.05, 0) is 11.4 Å². The lowest BCUT2D eigenvalue weighted by Crippen LogP contribution is -2.14. The normalized spacial score (nSPS) is 12.4. The number of thiophene rings is 1. The zero-order valence-corrected chi connectivity index (χ0v) is 8.69. The smallest absolute Gasteiger partial charge is 0.271 e. The lowest BCUT2D eigenvalue weighted by atomic mass is 10.2. The first kappa shape index (κ1) is 9.66. The molecule has 0 radical (unpaired) electrons. The lowest BCUT2D eigenvalue weighted by Gasteiger charge is -1.95. The van der Waals surface area contributed by atoms with Crippen molar-refractivity contribution < 1.29 is 12.8 Å². The van der Waals surface area contributed by atoms with Gasteiger partial charge in [-0.2, -0.15) is 0 Å². The van der Waals surface area contributed by atoms with E-state index in [-0.39, 0.29) is 11.6 Å². The Morgan fingerprint density at radius 1 is 1.50 bits per heavy atom. The predicted molar refractivity (Wildman–Crippen MR) is 53.4 cm³/mol. The predicted octanol–water partition coefficient (Wildman–Crippen LogP) is 0.600. The fraction of sp³-hybridized carbons (Fsp3) is 0.143. The van der Waals surface area contributed by atoms with Crippen molar-refractivity contribution >= 4 is 31.6 Å². The second-order valence-corrected chi connectivity index (χ2v) is 5.08. The van der Waals surface area contributed by atoms with Crippen LogP contribution in [0, 0.1) is 0 Å². The average Bonchev–Trinajstić information content (AvgIpc) is 2.58. The molecule has 4 N–H and O–H groups in total. The van der Waals surface area contributed by atoms with E-state index in [4.69, 9.17) is 15.3 Å². The summed E-state index contributed by atoms with van der Waals surface area (Å²) in [4.78, 5) is 0.537. The Hall–Kier alpha value is -0.890. The van der Waals surface area contributed by atoms with Gasteiger partial charge in [0.25, 0.3) is 10.0 Å². The fourth-order valence-electron chi connectivity index (χ4n) is 1.28. The van der Waals surface area contributed by atoms with Gasteiger partial charge in [0.15, 0.2) is 4.90 Å². The summed E-state index contributed by atoms with van der Waals surface area (Å²) in [6.45, 7) is 0.0928. The molecule has 0 amide bonds. The zero-order chi connectivity index (χ0) is 10.3. The molecule has 0 aromatic carbocycles. The number of furan rings is 1. The highest BCUT2D eigenvalue weighted by molar-refractivity contribution is 7.89. The first-order valence-corrected chi connectivity index (χ1v) is 6.18. The Balaban J connectivity index is 2.83. The van der Waals surface area contributed by atoms with E-state index in [1.807, 2.05) is 0 Å². The first-order valence-electron chi connectivity index (χ1n) is 3.76. The van der Waals surface area contributed by atoms with E-state index in [0.717, 1.165) is 5.39 Å². The topological polar surface area (TPSA) is 99.3 Å². The van der Waals surface area contributed by atoms with Crippen LogP contribution in [0.5, 0.6) is 0 Å². The third kappa shape index (κ3) is 1.34. The van der Waals surface area contributed by atoms with E-state index in [1.54, 1.807) is 11.4 Å². The summed E-state index contributed by atoms with van der Waals surface area (Å²) < 4.78 is 27.3. The van der Waals surface area contributed by atoms with Crippen molar-refractivity contribution in [3.63, 3.8) is 0 Å². The molecular formula is C7H8N2O3S2. The van der Waals surface area contributed by atoms with Gasteiger partial charge >= 0.3 is 0 Å². The molecule has 0 aliphatic carbocycles. The van der Waals surface area contributed by atoms with Crippen molar-refractivity contribution in [3.05, 3.63) is 17.0 Å². The molecule has 0 fully saturated rings.